The first-order valence-corrected chi connectivity index (χ1v) is 10.0. The van der Waals surface area contributed by atoms with Crippen molar-refractivity contribution in [3.63, 3.8) is 0 Å². The van der Waals surface area contributed by atoms with Crippen LogP contribution < -0.4 is 0 Å². The van der Waals surface area contributed by atoms with Crippen LogP contribution in [0.1, 0.15) is 62.2 Å². The van der Waals surface area contributed by atoms with Crippen LogP contribution in [0.3, 0.4) is 0 Å². The monoisotopic (exact) mass is 359 g/mol. The Kier molecular flexibility index (Phi) is 4.53. The smallest absolute Gasteiger partial charge is 0.292 e. The molecule has 6 heteroatoms. The standard InChI is InChI=1S/C20H29N3O3/c1-14(2)10-16-11-17(26-21-16)18(24)23-9-7-20(13-23)6-3-8-22(19(20)25)12-15-4-5-15/h11,14-15H,3-10,12-13H2,1-2H3/t20-/m1/s1. The van der Waals surface area contributed by atoms with Gasteiger partial charge in [-0.15, -0.1) is 0 Å². The van der Waals surface area contributed by atoms with E-state index in [1.165, 1.54) is 12.8 Å². The van der Waals surface area contributed by atoms with Crippen molar-refractivity contribution in [1.29, 1.82) is 0 Å². The van der Waals surface area contributed by atoms with Crippen molar-refractivity contribution in [3.8, 4) is 0 Å². The van der Waals surface area contributed by atoms with Gasteiger partial charge in [0.05, 0.1) is 11.1 Å². The summed E-state index contributed by atoms with van der Waals surface area (Å²) in [5.41, 5.74) is 0.449. The summed E-state index contributed by atoms with van der Waals surface area (Å²) in [6.07, 6.45) is 6.02. The Bertz CT molecular complexity index is 694. The van der Waals surface area contributed by atoms with Crippen LogP contribution in [-0.4, -0.2) is 52.9 Å². The zero-order valence-electron chi connectivity index (χ0n) is 15.9. The van der Waals surface area contributed by atoms with Gasteiger partial charge in [0, 0.05) is 32.2 Å². The summed E-state index contributed by atoms with van der Waals surface area (Å²) < 4.78 is 5.29. The first kappa shape index (κ1) is 17.6. The van der Waals surface area contributed by atoms with Crippen LogP contribution in [-0.2, 0) is 11.2 Å². The molecule has 0 radical (unpaired) electrons. The number of amides is 2. The number of nitrogens with zero attached hydrogens (tertiary/aromatic N) is 3. The van der Waals surface area contributed by atoms with E-state index in [1.807, 2.05) is 0 Å². The minimum Gasteiger partial charge on any atom is -0.351 e. The Hall–Kier alpha value is -1.85. The lowest BCUT2D eigenvalue weighted by Gasteiger charge is -2.39. The number of aromatic nitrogens is 1. The lowest BCUT2D eigenvalue weighted by atomic mass is 9.78. The molecule has 4 rings (SSSR count). The van der Waals surface area contributed by atoms with E-state index in [-0.39, 0.29) is 17.2 Å². The maximum Gasteiger partial charge on any atom is 0.292 e. The molecule has 3 aliphatic rings. The Morgan fingerprint density at radius 1 is 1.35 bits per heavy atom. The molecule has 1 aromatic rings. The van der Waals surface area contributed by atoms with Gasteiger partial charge in [-0.05, 0) is 50.4 Å². The maximum absolute atomic E-state index is 13.1. The third kappa shape index (κ3) is 3.38. The minimum absolute atomic E-state index is 0.128. The van der Waals surface area contributed by atoms with Gasteiger partial charge in [0.1, 0.15) is 0 Å². The molecule has 2 amide bonds. The van der Waals surface area contributed by atoms with E-state index in [9.17, 15) is 9.59 Å². The van der Waals surface area contributed by atoms with Gasteiger partial charge in [0.25, 0.3) is 5.91 Å². The number of piperidine rings is 1. The van der Waals surface area contributed by atoms with Crippen LogP contribution in [0.2, 0.25) is 0 Å². The summed E-state index contributed by atoms with van der Waals surface area (Å²) in [6.45, 7) is 7.17. The fourth-order valence-electron chi connectivity index (χ4n) is 4.45. The van der Waals surface area contributed by atoms with Crippen molar-refractivity contribution in [1.82, 2.24) is 15.0 Å². The molecule has 0 bridgehead atoms. The van der Waals surface area contributed by atoms with Gasteiger partial charge in [-0.2, -0.15) is 0 Å². The number of likely N-dealkylation sites (tertiary alicyclic amines) is 2. The molecule has 2 aliphatic heterocycles. The highest BCUT2D eigenvalue weighted by atomic mass is 16.5. The highest BCUT2D eigenvalue weighted by molar-refractivity contribution is 5.93. The quantitative estimate of drug-likeness (QED) is 0.811. The summed E-state index contributed by atoms with van der Waals surface area (Å²) in [5, 5.41) is 4.02. The second-order valence-corrected chi connectivity index (χ2v) is 8.84. The predicted molar refractivity (Wildman–Crippen MR) is 96.5 cm³/mol. The summed E-state index contributed by atoms with van der Waals surface area (Å²) in [4.78, 5) is 29.8. The van der Waals surface area contributed by atoms with Gasteiger partial charge >= 0.3 is 0 Å². The summed E-state index contributed by atoms with van der Waals surface area (Å²) >= 11 is 0. The maximum atomic E-state index is 13.1. The first-order chi connectivity index (χ1) is 12.5. The molecular formula is C20H29N3O3. The van der Waals surface area contributed by atoms with Crippen molar-refractivity contribution in [2.45, 2.75) is 52.4 Å². The van der Waals surface area contributed by atoms with Crippen molar-refractivity contribution in [2.75, 3.05) is 26.2 Å². The van der Waals surface area contributed by atoms with Gasteiger partial charge in [0.15, 0.2) is 0 Å². The average Bonchev–Trinajstić information content (AvgIpc) is 3.13. The third-order valence-corrected chi connectivity index (χ3v) is 6.03. The van der Waals surface area contributed by atoms with Crippen LogP contribution in [0.5, 0.6) is 0 Å². The largest absolute Gasteiger partial charge is 0.351 e. The fraction of sp³-hybridized carbons (Fsp3) is 0.750. The number of carbonyl (C=O) groups excluding carboxylic acids is 2. The molecule has 3 fully saturated rings. The van der Waals surface area contributed by atoms with Crippen LogP contribution in [0.15, 0.2) is 10.6 Å². The SMILES string of the molecule is CC(C)Cc1cc(C(=O)N2CC[C@]3(CCCN(CC4CC4)C3=O)C2)on1. The van der Waals surface area contributed by atoms with E-state index in [0.717, 1.165) is 44.5 Å². The fourth-order valence-corrected chi connectivity index (χ4v) is 4.45. The summed E-state index contributed by atoms with van der Waals surface area (Å²) in [5.74, 6) is 1.62. The Balaban J connectivity index is 1.42. The molecule has 0 aromatic carbocycles. The van der Waals surface area contributed by atoms with Gasteiger partial charge in [-0.25, -0.2) is 0 Å². The molecule has 6 nitrogen and oxygen atoms in total. The van der Waals surface area contributed by atoms with E-state index >= 15 is 0 Å². The van der Waals surface area contributed by atoms with Crippen molar-refractivity contribution in [3.05, 3.63) is 17.5 Å². The van der Waals surface area contributed by atoms with Gasteiger partial charge in [-0.3, -0.25) is 9.59 Å². The van der Waals surface area contributed by atoms with E-state index in [4.69, 9.17) is 4.52 Å². The second kappa shape index (κ2) is 6.71. The zero-order chi connectivity index (χ0) is 18.3. The molecule has 1 atom stereocenters. The van der Waals surface area contributed by atoms with Crippen LogP contribution >= 0.6 is 0 Å². The lowest BCUT2D eigenvalue weighted by molar-refractivity contribution is -0.145. The van der Waals surface area contributed by atoms with E-state index in [1.54, 1.807) is 11.0 Å². The minimum atomic E-state index is -0.371. The highest BCUT2D eigenvalue weighted by Crippen LogP contribution is 2.42. The van der Waals surface area contributed by atoms with E-state index in [2.05, 4.69) is 23.9 Å². The number of carbonyl (C=O) groups is 2. The number of hydrogen-bond donors (Lipinski definition) is 0. The molecule has 1 saturated carbocycles. The van der Waals surface area contributed by atoms with Crippen molar-refractivity contribution < 1.29 is 14.1 Å². The Labute approximate surface area is 154 Å². The summed E-state index contributed by atoms with van der Waals surface area (Å²) in [7, 11) is 0. The molecule has 1 aliphatic carbocycles. The second-order valence-electron chi connectivity index (χ2n) is 8.84. The van der Waals surface area contributed by atoms with E-state index in [0.29, 0.717) is 30.7 Å². The highest BCUT2D eigenvalue weighted by Gasteiger charge is 2.50. The van der Waals surface area contributed by atoms with Crippen LogP contribution in [0, 0.1) is 17.3 Å². The molecular weight excluding hydrogens is 330 g/mol. The molecule has 1 aromatic heterocycles. The van der Waals surface area contributed by atoms with E-state index < -0.39 is 0 Å². The number of rotatable bonds is 5. The molecule has 0 N–H and O–H groups in total. The van der Waals surface area contributed by atoms with Gasteiger partial charge in [-0.1, -0.05) is 19.0 Å². The van der Waals surface area contributed by atoms with Gasteiger partial charge in [0.2, 0.25) is 11.7 Å². The molecule has 142 valence electrons. The summed E-state index contributed by atoms with van der Waals surface area (Å²) in [6, 6.07) is 1.76. The molecule has 26 heavy (non-hydrogen) atoms. The molecule has 1 spiro atoms. The lowest BCUT2D eigenvalue weighted by Crippen LogP contribution is -2.50. The third-order valence-electron chi connectivity index (χ3n) is 6.03. The van der Waals surface area contributed by atoms with Gasteiger partial charge < -0.3 is 14.3 Å². The molecule has 3 heterocycles. The molecule has 2 saturated heterocycles. The predicted octanol–water partition coefficient (Wildman–Crippen LogP) is 2.74. The topological polar surface area (TPSA) is 66.7 Å². The Morgan fingerprint density at radius 3 is 2.88 bits per heavy atom. The van der Waals surface area contributed by atoms with Crippen molar-refractivity contribution in [2.24, 2.45) is 17.3 Å². The number of hydrogen-bond acceptors (Lipinski definition) is 4. The average molecular weight is 359 g/mol. The van der Waals surface area contributed by atoms with Crippen molar-refractivity contribution >= 4 is 11.8 Å². The van der Waals surface area contributed by atoms with Crippen LogP contribution in [0.4, 0.5) is 0 Å². The Morgan fingerprint density at radius 2 is 2.15 bits per heavy atom. The normalized spacial score (nSPS) is 26.3. The zero-order valence-corrected chi connectivity index (χ0v) is 15.9. The van der Waals surface area contributed by atoms with Crippen LogP contribution in [0.25, 0.3) is 0 Å². The molecule has 0 unspecified atom stereocenters. The first-order valence-electron chi connectivity index (χ1n) is 10.0.